The van der Waals surface area contributed by atoms with Gasteiger partial charge in [-0.25, -0.2) is 15.0 Å². The maximum Gasteiger partial charge on any atom is 0.166 e. The van der Waals surface area contributed by atoms with Crippen molar-refractivity contribution < 1.29 is 4.42 Å². The highest BCUT2D eigenvalue weighted by Crippen LogP contribution is 2.48. The number of fused-ring (bicyclic) bond motifs is 12. The van der Waals surface area contributed by atoms with E-state index >= 15 is 0 Å². The van der Waals surface area contributed by atoms with E-state index in [1.165, 1.54) is 21.5 Å². The minimum Gasteiger partial charge on any atom is -0.454 e. The van der Waals surface area contributed by atoms with Crippen molar-refractivity contribution in [3.05, 3.63) is 218 Å². The number of benzene rings is 11. The van der Waals surface area contributed by atoms with Gasteiger partial charge in [-0.2, -0.15) is 0 Å². The molecule has 0 atom stereocenters. The highest BCUT2D eigenvalue weighted by atomic mass is 16.3. The fourth-order valence-electron chi connectivity index (χ4n) is 10.3. The molecule has 0 amide bonds. The number of aromatic nitrogens is 4. The van der Waals surface area contributed by atoms with Crippen LogP contribution in [0.4, 0.5) is 0 Å². The molecule has 0 unspecified atom stereocenters. The number of nitrogens with zero attached hydrogens (tertiary/aromatic N) is 4. The Balaban J connectivity index is 1.12. The number of hydrogen-bond acceptors (Lipinski definition) is 4. The first-order chi connectivity index (χ1) is 32.7. The first-order valence-corrected chi connectivity index (χ1v) is 22.3. The van der Waals surface area contributed by atoms with Crippen LogP contribution in [0.2, 0.25) is 0 Å². The summed E-state index contributed by atoms with van der Waals surface area (Å²) in [5.41, 5.74) is 9.55. The van der Waals surface area contributed by atoms with Gasteiger partial charge >= 0.3 is 0 Å². The van der Waals surface area contributed by atoms with Crippen LogP contribution in [0, 0.1) is 0 Å². The fraction of sp³-hybridized carbons (Fsp3) is 0. The summed E-state index contributed by atoms with van der Waals surface area (Å²) in [6.45, 7) is 0. The van der Waals surface area contributed by atoms with Crippen LogP contribution in [-0.4, -0.2) is 19.5 Å². The van der Waals surface area contributed by atoms with E-state index in [1.807, 2.05) is 12.1 Å². The Labute approximate surface area is 378 Å². The fourth-order valence-corrected chi connectivity index (χ4v) is 10.3. The van der Waals surface area contributed by atoms with E-state index in [-0.39, 0.29) is 0 Å². The zero-order chi connectivity index (χ0) is 43.3. The van der Waals surface area contributed by atoms with Gasteiger partial charge in [-0.1, -0.05) is 188 Å². The molecule has 0 saturated heterocycles. The zero-order valence-corrected chi connectivity index (χ0v) is 35.5. The van der Waals surface area contributed by atoms with E-state index in [2.05, 4.69) is 211 Å². The molecule has 14 aromatic rings. The summed E-state index contributed by atoms with van der Waals surface area (Å²) in [7, 11) is 0. The molecule has 0 aliphatic rings. The van der Waals surface area contributed by atoms with Crippen LogP contribution in [0.1, 0.15) is 0 Å². The molecule has 306 valence electrons. The molecule has 3 aromatic heterocycles. The Bertz CT molecular complexity index is 4280. The Morgan fingerprint density at radius 2 is 0.879 bits per heavy atom. The standard InChI is InChI=1S/C61H36N4O/c1-2-14-37(15-3-1)38-26-29-40(30-27-38)59-62-60(44-32-33-46-43(34-44)31-28-39-16-6-7-19-45(39)46)64-61(63-59)56-49-22-9-8-21-48(49)55-50-23-11-13-25-54(50)66-58(55)57(56)65-52-24-12-10-20-47(52)51-35-41-17-4-5-18-42(41)36-53(51)65/h1-36H. The third-order valence-corrected chi connectivity index (χ3v) is 13.4. The average Bonchev–Trinajstić information content (AvgIpc) is 3.93. The molecule has 0 bridgehead atoms. The summed E-state index contributed by atoms with van der Waals surface area (Å²) >= 11 is 0. The van der Waals surface area contributed by atoms with Gasteiger partial charge in [0.1, 0.15) is 11.3 Å². The zero-order valence-electron chi connectivity index (χ0n) is 35.5. The molecule has 5 heteroatoms. The highest BCUT2D eigenvalue weighted by Gasteiger charge is 2.28. The summed E-state index contributed by atoms with van der Waals surface area (Å²) in [6.07, 6.45) is 0. The number of hydrogen-bond donors (Lipinski definition) is 0. The summed E-state index contributed by atoms with van der Waals surface area (Å²) in [5, 5.41) is 13.6. The molecule has 0 spiro atoms. The predicted molar refractivity (Wildman–Crippen MR) is 273 cm³/mol. The Morgan fingerprint density at radius 1 is 0.318 bits per heavy atom. The average molecular weight is 841 g/mol. The minimum absolute atomic E-state index is 0.557. The topological polar surface area (TPSA) is 56.7 Å². The van der Waals surface area contributed by atoms with Gasteiger partial charge in [-0.15, -0.1) is 0 Å². The van der Waals surface area contributed by atoms with Gasteiger partial charge in [-0.05, 0) is 84.5 Å². The van der Waals surface area contributed by atoms with Crippen LogP contribution < -0.4 is 0 Å². The van der Waals surface area contributed by atoms with E-state index in [4.69, 9.17) is 19.4 Å². The summed E-state index contributed by atoms with van der Waals surface area (Å²) in [6, 6.07) is 77.4. The second-order valence-corrected chi connectivity index (χ2v) is 17.1. The van der Waals surface area contributed by atoms with Gasteiger partial charge in [0.15, 0.2) is 23.1 Å². The summed E-state index contributed by atoms with van der Waals surface area (Å²) in [5.74, 6) is 1.73. The lowest BCUT2D eigenvalue weighted by molar-refractivity contribution is 0.667. The molecule has 0 aliphatic heterocycles. The van der Waals surface area contributed by atoms with E-state index in [0.717, 1.165) is 98.8 Å². The van der Waals surface area contributed by atoms with E-state index in [9.17, 15) is 0 Å². The van der Waals surface area contributed by atoms with Gasteiger partial charge in [-0.3, -0.25) is 0 Å². The third-order valence-electron chi connectivity index (χ3n) is 13.4. The van der Waals surface area contributed by atoms with Crippen LogP contribution in [0.5, 0.6) is 0 Å². The number of furan rings is 1. The minimum atomic E-state index is 0.557. The molecular weight excluding hydrogens is 805 g/mol. The molecule has 66 heavy (non-hydrogen) atoms. The quantitative estimate of drug-likeness (QED) is 0.162. The van der Waals surface area contributed by atoms with Crippen LogP contribution in [0.25, 0.3) is 138 Å². The van der Waals surface area contributed by atoms with Gasteiger partial charge in [0.2, 0.25) is 0 Å². The predicted octanol–water partition coefficient (Wildman–Crippen LogP) is 16.1. The van der Waals surface area contributed by atoms with Crippen molar-refractivity contribution >= 4 is 86.8 Å². The second kappa shape index (κ2) is 14.3. The lowest BCUT2D eigenvalue weighted by Gasteiger charge is -2.18. The van der Waals surface area contributed by atoms with Crippen molar-refractivity contribution in [2.45, 2.75) is 0 Å². The molecule has 11 aromatic carbocycles. The molecule has 5 nitrogen and oxygen atoms in total. The van der Waals surface area contributed by atoms with Crippen LogP contribution >= 0.6 is 0 Å². The molecule has 0 aliphatic carbocycles. The van der Waals surface area contributed by atoms with Crippen molar-refractivity contribution in [1.29, 1.82) is 0 Å². The number of rotatable bonds is 5. The Kier molecular flexibility index (Phi) is 7.91. The van der Waals surface area contributed by atoms with Crippen molar-refractivity contribution in [3.63, 3.8) is 0 Å². The smallest absolute Gasteiger partial charge is 0.166 e. The maximum absolute atomic E-state index is 7.14. The largest absolute Gasteiger partial charge is 0.454 e. The first kappa shape index (κ1) is 36.5. The molecular formula is C61H36N4O. The monoisotopic (exact) mass is 840 g/mol. The third kappa shape index (κ3) is 5.57. The Morgan fingerprint density at radius 3 is 1.70 bits per heavy atom. The first-order valence-electron chi connectivity index (χ1n) is 22.3. The van der Waals surface area contributed by atoms with Crippen molar-refractivity contribution in [1.82, 2.24) is 19.5 Å². The molecule has 0 radical (unpaired) electrons. The lowest BCUT2D eigenvalue weighted by atomic mass is 9.96. The van der Waals surface area contributed by atoms with Crippen molar-refractivity contribution in [2.75, 3.05) is 0 Å². The van der Waals surface area contributed by atoms with Gasteiger partial charge in [0.25, 0.3) is 0 Å². The normalized spacial score (nSPS) is 11.9. The van der Waals surface area contributed by atoms with Crippen LogP contribution in [-0.2, 0) is 0 Å². The summed E-state index contributed by atoms with van der Waals surface area (Å²) < 4.78 is 9.53. The summed E-state index contributed by atoms with van der Waals surface area (Å²) in [4.78, 5) is 16.4. The molecule has 3 heterocycles. The van der Waals surface area contributed by atoms with E-state index in [0.29, 0.717) is 17.5 Å². The van der Waals surface area contributed by atoms with Crippen molar-refractivity contribution in [2.24, 2.45) is 0 Å². The van der Waals surface area contributed by atoms with E-state index < -0.39 is 0 Å². The molecule has 0 saturated carbocycles. The van der Waals surface area contributed by atoms with Crippen molar-refractivity contribution in [3.8, 4) is 51.0 Å². The molecule has 0 fully saturated rings. The lowest BCUT2D eigenvalue weighted by Crippen LogP contribution is -2.05. The SMILES string of the molecule is c1ccc(-c2ccc(-c3nc(-c4ccc5c(ccc6ccccc65)c4)nc(-c4c(-n5c6ccccc6c6cc7ccccc7cc65)c5oc6ccccc6c5c5ccccc45)n3)cc2)cc1. The maximum atomic E-state index is 7.14. The van der Waals surface area contributed by atoms with Gasteiger partial charge in [0.05, 0.1) is 16.6 Å². The van der Waals surface area contributed by atoms with E-state index in [1.54, 1.807) is 0 Å². The van der Waals surface area contributed by atoms with Crippen LogP contribution in [0.3, 0.4) is 0 Å². The highest BCUT2D eigenvalue weighted by molar-refractivity contribution is 6.26. The Hall–Kier alpha value is -8.93. The molecule has 0 N–H and O–H groups in total. The van der Waals surface area contributed by atoms with Gasteiger partial charge in [0, 0.05) is 32.7 Å². The number of para-hydroxylation sites is 2. The van der Waals surface area contributed by atoms with Gasteiger partial charge < -0.3 is 8.98 Å². The molecule has 14 rings (SSSR count). The second-order valence-electron chi connectivity index (χ2n) is 17.1. The van der Waals surface area contributed by atoms with Crippen LogP contribution in [0.15, 0.2) is 223 Å².